The third kappa shape index (κ3) is 4.57. The summed E-state index contributed by atoms with van der Waals surface area (Å²) < 4.78 is 11.0. The molecule has 0 unspecified atom stereocenters. The Labute approximate surface area is 176 Å². The first-order chi connectivity index (χ1) is 14.2. The molecule has 29 heavy (non-hydrogen) atoms. The molecule has 7 heteroatoms. The van der Waals surface area contributed by atoms with Gasteiger partial charge >= 0.3 is 0 Å². The molecule has 0 aliphatic carbocycles. The van der Waals surface area contributed by atoms with Crippen molar-refractivity contribution in [3.8, 4) is 0 Å². The molecule has 2 saturated heterocycles. The van der Waals surface area contributed by atoms with Crippen LogP contribution in [0.2, 0.25) is 0 Å². The number of anilines is 3. The van der Waals surface area contributed by atoms with E-state index in [1.807, 2.05) is 12.1 Å². The number of nitrogens with one attached hydrogen (secondary N) is 1. The van der Waals surface area contributed by atoms with Gasteiger partial charge in [-0.05, 0) is 43.2 Å². The van der Waals surface area contributed by atoms with Crippen LogP contribution in [0.3, 0.4) is 0 Å². The fraction of sp³-hybridized carbons (Fsp3) is 0.500. The van der Waals surface area contributed by atoms with E-state index in [9.17, 15) is 4.79 Å². The Balaban J connectivity index is 1.60. The van der Waals surface area contributed by atoms with E-state index in [2.05, 4.69) is 41.1 Å². The van der Waals surface area contributed by atoms with Crippen LogP contribution < -0.4 is 15.1 Å². The lowest BCUT2D eigenvalue weighted by molar-refractivity contribution is 0.103. The summed E-state index contributed by atoms with van der Waals surface area (Å²) in [5.74, 6) is -0.0357. The van der Waals surface area contributed by atoms with Crippen molar-refractivity contribution in [1.29, 1.82) is 0 Å². The maximum atomic E-state index is 12.9. The van der Waals surface area contributed by atoms with Gasteiger partial charge in [0, 0.05) is 36.7 Å². The number of aryl methyl sites for hydroxylation is 2. The number of morpholine rings is 2. The summed E-state index contributed by atoms with van der Waals surface area (Å²) in [7, 11) is 0. The van der Waals surface area contributed by atoms with Gasteiger partial charge in [-0.3, -0.25) is 4.79 Å². The highest BCUT2D eigenvalue weighted by molar-refractivity contribution is 7.14. The van der Waals surface area contributed by atoms with Crippen LogP contribution in [0.15, 0.2) is 24.3 Å². The molecule has 6 nitrogen and oxygen atoms in total. The Morgan fingerprint density at radius 2 is 1.69 bits per heavy atom. The van der Waals surface area contributed by atoms with Gasteiger partial charge in [0.05, 0.1) is 42.7 Å². The van der Waals surface area contributed by atoms with Gasteiger partial charge < -0.3 is 24.6 Å². The number of hydrogen-bond acceptors (Lipinski definition) is 6. The Hall–Kier alpha value is -2.09. The molecule has 0 radical (unpaired) electrons. The summed E-state index contributed by atoms with van der Waals surface area (Å²) in [4.78, 5) is 19.6. The van der Waals surface area contributed by atoms with Crippen LogP contribution in [0.25, 0.3) is 0 Å². The molecule has 1 amide bonds. The zero-order chi connectivity index (χ0) is 20.2. The van der Waals surface area contributed by atoms with Crippen molar-refractivity contribution in [2.45, 2.75) is 20.3 Å². The Bertz CT molecular complexity index is 855. The molecular weight excluding hydrogens is 386 g/mol. The van der Waals surface area contributed by atoms with Crippen LogP contribution in [0, 0.1) is 6.92 Å². The molecule has 2 fully saturated rings. The first kappa shape index (κ1) is 20.2. The van der Waals surface area contributed by atoms with Gasteiger partial charge in [-0.15, -0.1) is 11.3 Å². The minimum Gasteiger partial charge on any atom is -0.378 e. The van der Waals surface area contributed by atoms with E-state index in [1.165, 1.54) is 16.1 Å². The van der Waals surface area contributed by atoms with Crippen molar-refractivity contribution in [3.05, 3.63) is 39.6 Å². The third-order valence-corrected chi connectivity index (χ3v) is 6.90. The molecule has 1 N–H and O–H groups in total. The number of carbonyl (C=O) groups excluding carboxylic acids is 1. The van der Waals surface area contributed by atoms with E-state index in [1.54, 1.807) is 11.3 Å². The molecule has 1 aromatic heterocycles. The SMILES string of the molecule is CCc1sc(C(=O)Nc2ccc(N3CCOCC3)cc2N2CCOCC2)cc1C. The van der Waals surface area contributed by atoms with E-state index in [0.717, 1.165) is 62.1 Å². The topological polar surface area (TPSA) is 54.0 Å². The lowest BCUT2D eigenvalue weighted by atomic mass is 10.1. The molecule has 0 spiro atoms. The average molecular weight is 416 g/mol. The van der Waals surface area contributed by atoms with Gasteiger partial charge in [0.15, 0.2) is 0 Å². The van der Waals surface area contributed by atoms with Crippen molar-refractivity contribution >= 4 is 34.3 Å². The van der Waals surface area contributed by atoms with Crippen molar-refractivity contribution < 1.29 is 14.3 Å². The predicted molar refractivity (Wildman–Crippen MR) is 119 cm³/mol. The number of amides is 1. The Kier molecular flexibility index (Phi) is 6.37. The fourth-order valence-electron chi connectivity index (χ4n) is 3.88. The van der Waals surface area contributed by atoms with Crippen molar-refractivity contribution in [3.63, 3.8) is 0 Å². The van der Waals surface area contributed by atoms with Gasteiger partial charge in [-0.2, -0.15) is 0 Å². The van der Waals surface area contributed by atoms with Gasteiger partial charge in [-0.1, -0.05) is 6.92 Å². The highest BCUT2D eigenvalue weighted by Gasteiger charge is 2.20. The standard InChI is InChI=1S/C22H29N3O3S/c1-3-20-16(2)14-21(29-20)22(26)23-18-5-4-17(24-6-10-27-11-7-24)15-19(18)25-8-12-28-13-9-25/h4-5,14-15H,3,6-13H2,1-2H3,(H,23,26). The van der Waals surface area contributed by atoms with E-state index in [-0.39, 0.29) is 5.91 Å². The molecule has 3 heterocycles. The van der Waals surface area contributed by atoms with Gasteiger partial charge in [-0.25, -0.2) is 0 Å². The maximum Gasteiger partial charge on any atom is 0.265 e. The largest absolute Gasteiger partial charge is 0.378 e. The molecular formula is C22H29N3O3S. The molecule has 0 saturated carbocycles. The number of benzene rings is 1. The van der Waals surface area contributed by atoms with Crippen LogP contribution in [-0.4, -0.2) is 58.5 Å². The van der Waals surface area contributed by atoms with Crippen LogP contribution in [-0.2, 0) is 15.9 Å². The number of ether oxygens (including phenoxy) is 2. The summed E-state index contributed by atoms with van der Waals surface area (Å²) in [6, 6.07) is 8.33. The van der Waals surface area contributed by atoms with Crippen molar-refractivity contribution in [1.82, 2.24) is 0 Å². The monoisotopic (exact) mass is 415 g/mol. The highest BCUT2D eigenvalue weighted by Crippen LogP contribution is 2.33. The molecule has 2 aliphatic heterocycles. The fourth-order valence-corrected chi connectivity index (χ4v) is 4.89. The molecule has 1 aromatic carbocycles. The molecule has 156 valence electrons. The van der Waals surface area contributed by atoms with Crippen molar-refractivity contribution in [2.75, 3.05) is 67.7 Å². The van der Waals surface area contributed by atoms with Gasteiger partial charge in [0.1, 0.15) is 0 Å². The van der Waals surface area contributed by atoms with Crippen LogP contribution in [0.4, 0.5) is 17.1 Å². The van der Waals surface area contributed by atoms with Crippen molar-refractivity contribution in [2.24, 2.45) is 0 Å². The van der Waals surface area contributed by atoms with Gasteiger partial charge in [0.25, 0.3) is 5.91 Å². The third-order valence-electron chi connectivity index (χ3n) is 5.52. The zero-order valence-corrected chi connectivity index (χ0v) is 18.0. The maximum absolute atomic E-state index is 12.9. The minimum absolute atomic E-state index is 0.0357. The summed E-state index contributed by atoms with van der Waals surface area (Å²) in [6.07, 6.45) is 0.955. The average Bonchev–Trinajstić information content (AvgIpc) is 3.16. The summed E-state index contributed by atoms with van der Waals surface area (Å²) >= 11 is 1.59. The van der Waals surface area contributed by atoms with E-state index >= 15 is 0 Å². The van der Waals surface area contributed by atoms with E-state index in [0.29, 0.717) is 13.2 Å². The first-order valence-electron chi connectivity index (χ1n) is 10.4. The number of rotatable bonds is 5. The second-order valence-corrected chi connectivity index (χ2v) is 8.56. The number of carbonyl (C=O) groups is 1. The Morgan fingerprint density at radius 3 is 2.31 bits per heavy atom. The second-order valence-electron chi connectivity index (χ2n) is 7.42. The van der Waals surface area contributed by atoms with E-state index in [4.69, 9.17) is 9.47 Å². The molecule has 4 rings (SSSR count). The quantitative estimate of drug-likeness (QED) is 0.810. The molecule has 2 aliphatic rings. The van der Waals surface area contributed by atoms with Crippen LogP contribution in [0.1, 0.15) is 27.0 Å². The van der Waals surface area contributed by atoms with Crippen LogP contribution >= 0.6 is 11.3 Å². The van der Waals surface area contributed by atoms with E-state index < -0.39 is 0 Å². The Morgan fingerprint density at radius 1 is 1.03 bits per heavy atom. The molecule has 2 aromatic rings. The first-order valence-corrected chi connectivity index (χ1v) is 11.2. The predicted octanol–water partition coefficient (Wildman–Crippen LogP) is 3.54. The summed E-state index contributed by atoms with van der Waals surface area (Å²) in [5, 5.41) is 3.16. The second kappa shape index (κ2) is 9.15. The summed E-state index contributed by atoms with van der Waals surface area (Å²) in [6.45, 7) is 10.6. The zero-order valence-electron chi connectivity index (χ0n) is 17.2. The smallest absolute Gasteiger partial charge is 0.265 e. The van der Waals surface area contributed by atoms with Gasteiger partial charge in [0.2, 0.25) is 0 Å². The van der Waals surface area contributed by atoms with Crippen LogP contribution in [0.5, 0.6) is 0 Å². The number of hydrogen-bond donors (Lipinski definition) is 1. The normalized spacial score (nSPS) is 17.4. The number of thiophene rings is 1. The minimum atomic E-state index is -0.0357. The summed E-state index contributed by atoms with van der Waals surface area (Å²) in [5.41, 5.74) is 4.29. The lowest BCUT2D eigenvalue weighted by Gasteiger charge is -2.33. The number of nitrogens with zero attached hydrogens (tertiary/aromatic N) is 2. The molecule has 0 bridgehead atoms. The highest BCUT2D eigenvalue weighted by atomic mass is 32.1. The lowest BCUT2D eigenvalue weighted by Crippen LogP contribution is -2.38. The molecule has 0 atom stereocenters.